The van der Waals surface area contributed by atoms with E-state index in [1.807, 2.05) is 0 Å². The minimum Gasteiger partial charge on any atom is -0.316 e. The third-order valence-electron chi connectivity index (χ3n) is 3.09. The highest BCUT2D eigenvalue weighted by Gasteiger charge is 2.20. The van der Waals surface area contributed by atoms with Gasteiger partial charge in [0.25, 0.3) is 0 Å². The molecular weight excluding hydrogens is 352 g/mol. The smallest absolute Gasteiger partial charge is 0.241 e. The molecule has 108 valence electrons. The molecule has 1 aliphatic rings. The molecule has 7 heteroatoms. The number of sulfonamides is 1. The lowest BCUT2D eigenvalue weighted by Crippen LogP contribution is -2.38. The fourth-order valence-electron chi connectivity index (χ4n) is 2.07. The summed E-state index contributed by atoms with van der Waals surface area (Å²) < 4.78 is 27.6. The number of nitrogens with one attached hydrogen (secondary N) is 2. The van der Waals surface area contributed by atoms with Crippen LogP contribution in [0.1, 0.15) is 12.8 Å². The van der Waals surface area contributed by atoms with Gasteiger partial charge in [-0.1, -0.05) is 12.1 Å². The molecule has 2 rings (SSSR count). The fraction of sp³-hybridized carbons (Fsp3) is 0.500. The van der Waals surface area contributed by atoms with Crippen LogP contribution in [0.3, 0.4) is 0 Å². The zero-order valence-corrected chi connectivity index (χ0v) is 13.7. The molecule has 0 bridgehead atoms. The van der Waals surface area contributed by atoms with E-state index in [9.17, 15) is 8.42 Å². The van der Waals surface area contributed by atoms with Gasteiger partial charge in [0, 0.05) is 11.0 Å². The zero-order valence-electron chi connectivity index (χ0n) is 10.4. The molecule has 1 saturated heterocycles. The van der Waals surface area contributed by atoms with Gasteiger partial charge in [0.15, 0.2) is 0 Å². The fourth-order valence-corrected chi connectivity index (χ4v) is 4.18. The minimum absolute atomic E-state index is 0. The predicted molar refractivity (Wildman–Crippen MR) is 82.2 cm³/mol. The van der Waals surface area contributed by atoms with Crippen LogP contribution in [0.4, 0.5) is 0 Å². The monoisotopic (exact) mass is 368 g/mol. The second-order valence-corrected chi connectivity index (χ2v) is 7.08. The topological polar surface area (TPSA) is 58.2 Å². The Kier molecular flexibility index (Phi) is 6.76. The summed E-state index contributed by atoms with van der Waals surface area (Å²) in [6, 6.07) is 6.86. The normalized spacial score (nSPS) is 19.7. The van der Waals surface area contributed by atoms with Gasteiger partial charge in [0.2, 0.25) is 10.0 Å². The van der Waals surface area contributed by atoms with Crippen molar-refractivity contribution in [1.82, 2.24) is 10.0 Å². The van der Waals surface area contributed by atoms with E-state index in [0.29, 0.717) is 21.8 Å². The summed E-state index contributed by atoms with van der Waals surface area (Å²) in [5, 5.41) is 3.28. The molecule has 1 aliphatic heterocycles. The highest BCUT2D eigenvalue weighted by Crippen LogP contribution is 2.21. The van der Waals surface area contributed by atoms with Crippen molar-refractivity contribution < 1.29 is 8.42 Å². The van der Waals surface area contributed by atoms with Gasteiger partial charge < -0.3 is 5.32 Å². The first kappa shape index (κ1) is 16.9. The lowest BCUT2D eigenvalue weighted by atomic mass is 10.0. The maximum atomic E-state index is 12.1. The van der Waals surface area contributed by atoms with E-state index < -0.39 is 10.0 Å². The average molecular weight is 370 g/mol. The molecule has 0 saturated carbocycles. The zero-order chi connectivity index (χ0) is 13.0. The van der Waals surface area contributed by atoms with E-state index in [0.717, 1.165) is 25.9 Å². The van der Waals surface area contributed by atoms with Gasteiger partial charge in [0.1, 0.15) is 0 Å². The average Bonchev–Trinajstić information content (AvgIpc) is 2.38. The molecule has 1 aromatic carbocycles. The first-order valence-electron chi connectivity index (χ1n) is 6.04. The first-order chi connectivity index (χ1) is 8.59. The van der Waals surface area contributed by atoms with Gasteiger partial charge in [-0.3, -0.25) is 0 Å². The van der Waals surface area contributed by atoms with E-state index in [1.54, 1.807) is 24.3 Å². The Morgan fingerprint density at radius 2 is 2.11 bits per heavy atom. The van der Waals surface area contributed by atoms with Crippen LogP contribution in [0, 0.1) is 5.92 Å². The number of benzene rings is 1. The lowest BCUT2D eigenvalue weighted by molar-refractivity contribution is 0.376. The van der Waals surface area contributed by atoms with Crippen molar-refractivity contribution >= 4 is 38.4 Å². The predicted octanol–water partition coefficient (Wildman–Crippen LogP) is 2.15. The highest BCUT2D eigenvalue weighted by atomic mass is 79.9. The molecule has 1 atom stereocenters. The molecule has 2 N–H and O–H groups in total. The van der Waals surface area contributed by atoms with Crippen molar-refractivity contribution in [2.24, 2.45) is 5.92 Å². The Labute approximate surface area is 128 Å². The molecule has 0 radical (unpaired) electrons. The van der Waals surface area contributed by atoms with Crippen LogP contribution >= 0.6 is 28.3 Å². The standard InChI is InChI=1S/C12H17BrN2O2S.ClH/c13-11-5-1-2-6-12(11)18(16,17)15-9-10-4-3-7-14-8-10;/h1-2,5-6,10,14-15H,3-4,7-9H2;1H. The van der Waals surface area contributed by atoms with Crippen LogP contribution in [-0.2, 0) is 10.0 Å². The minimum atomic E-state index is -3.41. The Bertz CT molecular complexity index is 504. The molecule has 0 amide bonds. The largest absolute Gasteiger partial charge is 0.316 e. The number of hydrogen-bond donors (Lipinski definition) is 2. The van der Waals surface area contributed by atoms with Gasteiger partial charge in [-0.2, -0.15) is 0 Å². The first-order valence-corrected chi connectivity index (χ1v) is 8.32. The summed E-state index contributed by atoms with van der Waals surface area (Å²) in [6.45, 7) is 2.42. The molecule has 1 heterocycles. The summed E-state index contributed by atoms with van der Waals surface area (Å²) in [7, 11) is -3.41. The maximum absolute atomic E-state index is 12.1. The maximum Gasteiger partial charge on any atom is 0.241 e. The van der Waals surface area contributed by atoms with Crippen LogP contribution in [0.2, 0.25) is 0 Å². The highest BCUT2D eigenvalue weighted by molar-refractivity contribution is 9.10. The molecule has 4 nitrogen and oxygen atoms in total. The molecule has 1 fully saturated rings. The number of rotatable bonds is 4. The summed E-state index contributed by atoms with van der Waals surface area (Å²) in [5.74, 6) is 0.385. The van der Waals surface area contributed by atoms with E-state index in [-0.39, 0.29) is 12.4 Å². The quantitative estimate of drug-likeness (QED) is 0.855. The van der Waals surface area contributed by atoms with Crippen molar-refractivity contribution in [2.45, 2.75) is 17.7 Å². The van der Waals surface area contributed by atoms with Gasteiger partial charge in [-0.05, 0) is 59.9 Å². The van der Waals surface area contributed by atoms with Crippen LogP contribution < -0.4 is 10.0 Å². The van der Waals surface area contributed by atoms with Crippen LogP contribution in [-0.4, -0.2) is 28.1 Å². The van der Waals surface area contributed by atoms with Gasteiger partial charge >= 0.3 is 0 Å². The van der Waals surface area contributed by atoms with E-state index in [1.165, 1.54) is 0 Å². The van der Waals surface area contributed by atoms with E-state index in [2.05, 4.69) is 26.0 Å². The second kappa shape index (κ2) is 7.59. The molecule has 1 unspecified atom stereocenters. The van der Waals surface area contributed by atoms with Crippen molar-refractivity contribution in [3.63, 3.8) is 0 Å². The van der Waals surface area contributed by atoms with E-state index >= 15 is 0 Å². The lowest BCUT2D eigenvalue weighted by Gasteiger charge is -2.22. The molecule has 19 heavy (non-hydrogen) atoms. The second-order valence-electron chi connectivity index (χ2n) is 4.49. The van der Waals surface area contributed by atoms with Crippen LogP contribution in [0.15, 0.2) is 33.6 Å². The third-order valence-corrected chi connectivity index (χ3v) is 5.52. The number of halogens is 2. The van der Waals surface area contributed by atoms with Crippen LogP contribution in [0.25, 0.3) is 0 Å². The van der Waals surface area contributed by atoms with E-state index in [4.69, 9.17) is 0 Å². The summed E-state index contributed by atoms with van der Waals surface area (Å²) in [4.78, 5) is 0.300. The van der Waals surface area contributed by atoms with Gasteiger partial charge in [-0.15, -0.1) is 12.4 Å². The molecule has 0 spiro atoms. The molecular formula is C12H18BrClN2O2S. The molecule has 1 aromatic rings. The summed E-state index contributed by atoms with van der Waals surface area (Å²) in [5.41, 5.74) is 0. The van der Waals surface area contributed by atoms with Crippen molar-refractivity contribution in [2.75, 3.05) is 19.6 Å². The third kappa shape index (κ3) is 4.72. The molecule has 0 aliphatic carbocycles. The SMILES string of the molecule is Cl.O=S(=O)(NCC1CCCNC1)c1ccccc1Br. The summed E-state index contributed by atoms with van der Waals surface area (Å²) >= 11 is 3.27. The van der Waals surface area contributed by atoms with Crippen LogP contribution in [0.5, 0.6) is 0 Å². The van der Waals surface area contributed by atoms with Crippen molar-refractivity contribution in [1.29, 1.82) is 0 Å². The number of piperidine rings is 1. The van der Waals surface area contributed by atoms with Crippen molar-refractivity contribution in [3.05, 3.63) is 28.7 Å². The number of hydrogen-bond acceptors (Lipinski definition) is 3. The summed E-state index contributed by atoms with van der Waals surface area (Å²) in [6.07, 6.45) is 2.19. The Morgan fingerprint density at radius 1 is 1.37 bits per heavy atom. The van der Waals surface area contributed by atoms with Gasteiger partial charge in [0.05, 0.1) is 4.90 Å². The van der Waals surface area contributed by atoms with Crippen molar-refractivity contribution in [3.8, 4) is 0 Å². The van der Waals surface area contributed by atoms with Gasteiger partial charge in [-0.25, -0.2) is 13.1 Å². The molecule has 0 aromatic heterocycles. The Morgan fingerprint density at radius 3 is 2.74 bits per heavy atom. The Balaban J connectivity index is 0.00000180. The Hall–Kier alpha value is -0.140.